The van der Waals surface area contributed by atoms with Gasteiger partial charge < -0.3 is 9.84 Å². The van der Waals surface area contributed by atoms with Gasteiger partial charge in [-0.1, -0.05) is 31.1 Å². The second-order valence-corrected chi connectivity index (χ2v) is 8.97. The van der Waals surface area contributed by atoms with E-state index in [0.717, 1.165) is 12.8 Å². The molecule has 9 nitrogen and oxygen atoms in total. The second kappa shape index (κ2) is 7.01. The SMILES string of the molecule is CC(C)C(NC(=O)CN=C1NS(=O)(=O)c2ccccc21)c1nc(C2CC2)no1. The third-order valence-electron chi connectivity index (χ3n) is 4.69. The van der Waals surface area contributed by atoms with Crippen LogP contribution in [0.15, 0.2) is 38.7 Å². The number of sulfonamides is 1. The Hall–Kier alpha value is -2.75. The molecule has 28 heavy (non-hydrogen) atoms. The van der Waals surface area contributed by atoms with Crippen molar-refractivity contribution in [2.45, 2.75) is 43.5 Å². The van der Waals surface area contributed by atoms with Crippen molar-refractivity contribution in [2.24, 2.45) is 10.9 Å². The van der Waals surface area contributed by atoms with E-state index in [1.54, 1.807) is 18.2 Å². The number of nitrogens with zero attached hydrogens (tertiary/aromatic N) is 3. The second-order valence-electron chi connectivity index (χ2n) is 7.32. The fraction of sp³-hybridized carbons (Fsp3) is 0.444. The predicted octanol–water partition coefficient (Wildman–Crippen LogP) is 1.50. The summed E-state index contributed by atoms with van der Waals surface area (Å²) in [5, 5.41) is 6.85. The lowest BCUT2D eigenvalue weighted by molar-refractivity contribution is -0.120. The first-order valence-electron chi connectivity index (χ1n) is 9.14. The number of carbonyl (C=O) groups is 1. The van der Waals surface area contributed by atoms with Crippen LogP contribution in [-0.4, -0.2) is 36.8 Å². The smallest absolute Gasteiger partial charge is 0.263 e. The van der Waals surface area contributed by atoms with E-state index in [-0.39, 0.29) is 29.1 Å². The molecule has 1 fully saturated rings. The molecule has 1 amide bonds. The zero-order valence-electron chi connectivity index (χ0n) is 15.5. The molecule has 4 rings (SSSR count). The molecule has 1 aromatic heterocycles. The van der Waals surface area contributed by atoms with Gasteiger partial charge in [0.2, 0.25) is 11.8 Å². The van der Waals surface area contributed by atoms with E-state index in [1.807, 2.05) is 13.8 Å². The quantitative estimate of drug-likeness (QED) is 0.753. The molecular weight excluding hydrogens is 382 g/mol. The summed E-state index contributed by atoms with van der Waals surface area (Å²) < 4.78 is 31.9. The van der Waals surface area contributed by atoms with Gasteiger partial charge in [0.25, 0.3) is 10.0 Å². The van der Waals surface area contributed by atoms with Crippen LogP contribution in [0, 0.1) is 5.92 Å². The molecule has 148 valence electrons. The Bertz CT molecular complexity index is 1040. The molecule has 1 aliphatic heterocycles. The van der Waals surface area contributed by atoms with Crippen molar-refractivity contribution in [3.63, 3.8) is 0 Å². The summed E-state index contributed by atoms with van der Waals surface area (Å²) in [6, 6.07) is 6.08. The van der Waals surface area contributed by atoms with Gasteiger partial charge in [0, 0.05) is 11.5 Å². The number of amidine groups is 1. The van der Waals surface area contributed by atoms with Crippen LogP contribution >= 0.6 is 0 Å². The summed E-state index contributed by atoms with van der Waals surface area (Å²) in [6.07, 6.45) is 2.12. The highest BCUT2D eigenvalue weighted by Crippen LogP contribution is 2.38. The van der Waals surface area contributed by atoms with Gasteiger partial charge in [-0.3, -0.25) is 14.5 Å². The maximum Gasteiger partial charge on any atom is 0.263 e. The number of benzene rings is 1. The number of aromatic nitrogens is 2. The van der Waals surface area contributed by atoms with Crippen LogP contribution in [-0.2, 0) is 14.8 Å². The minimum Gasteiger partial charge on any atom is -0.342 e. The lowest BCUT2D eigenvalue weighted by Crippen LogP contribution is -2.34. The summed E-state index contributed by atoms with van der Waals surface area (Å²) in [7, 11) is -3.63. The maximum absolute atomic E-state index is 12.4. The number of rotatable bonds is 6. The minimum atomic E-state index is -3.63. The number of hydrogen-bond acceptors (Lipinski definition) is 7. The molecule has 2 aromatic rings. The summed E-state index contributed by atoms with van der Waals surface area (Å²) in [4.78, 5) is 21.2. The fourth-order valence-corrected chi connectivity index (χ4v) is 4.27. The highest BCUT2D eigenvalue weighted by Gasteiger charge is 2.32. The average molecular weight is 403 g/mol. The molecule has 0 bridgehead atoms. The molecule has 0 saturated heterocycles. The van der Waals surface area contributed by atoms with Gasteiger partial charge in [0.05, 0.1) is 4.90 Å². The molecule has 0 spiro atoms. The third-order valence-corrected chi connectivity index (χ3v) is 6.09. The summed E-state index contributed by atoms with van der Waals surface area (Å²) in [5.74, 6) is 1.27. The van der Waals surface area contributed by atoms with Gasteiger partial charge >= 0.3 is 0 Å². The van der Waals surface area contributed by atoms with E-state index >= 15 is 0 Å². The first-order valence-corrected chi connectivity index (χ1v) is 10.6. The van der Waals surface area contributed by atoms with Crippen LogP contribution < -0.4 is 10.0 Å². The lowest BCUT2D eigenvalue weighted by Gasteiger charge is -2.18. The fourth-order valence-electron chi connectivity index (χ4n) is 3.02. The van der Waals surface area contributed by atoms with Gasteiger partial charge in [0.15, 0.2) is 5.82 Å². The Labute approximate surface area is 162 Å². The Morgan fingerprint density at radius 1 is 1.36 bits per heavy atom. The van der Waals surface area contributed by atoms with E-state index in [0.29, 0.717) is 23.2 Å². The summed E-state index contributed by atoms with van der Waals surface area (Å²) in [6.45, 7) is 3.66. The lowest BCUT2D eigenvalue weighted by atomic mass is 10.0. The van der Waals surface area contributed by atoms with Gasteiger partial charge in [-0.2, -0.15) is 4.98 Å². The summed E-state index contributed by atoms with van der Waals surface area (Å²) >= 11 is 0. The number of fused-ring (bicyclic) bond motifs is 1. The highest BCUT2D eigenvalue weighted by atomic mass is 32.2. The summed E-state index contributed by atoms with van der Waals surface area (Å²) in [5.41, 5.74) is 0.460. The van der Waals surface area contributed by atoms with Crippen molar-refractivity contribution in [1.29, 1.82) is 0 Å². The van der Waals surface area contributed by atoms with E-state index in [9.17, 15) is 13.2 Å². The van der Waals surface area contributed by atoms with E-state index < -0.39 is 16.1 Å². The van der Waals surface area contributed by atoms with Crippen molar-refractivity contribution >= 4 is 21.8 Å². The minimum absolute atomic E-state index is 0.0369. The normalized spacial score (nSPS) is 20.0. The molecule has 1 aromatic carbocycles. The molecule has 0 radical (unpaired) electrons. The van der Waals surface area contributed by atoms with Gasteiger partial charge in [-0.25, -0.2) is 8.42 Å². The Morgan fingerprint density at radius 2 is 2.11 bits per heavy atom. The van der Waals surface area contributed by atoms with E-state index in [1.165, 1.54) is 6.07 Å². The van der Waals surface area contributed by atoms with Crippen LogP contribution in [0.5, 0.6) is 0 Å². The van der Waals surface area contributed by atoms with Gasteiger partial charge in [0.1, 0.15) is 18.4 Å². The zero-order chi connectivity index (χ0) is 19.9. The largest absolute Gasteiger partial charge is 0.342 e. The Kier molecular flexibility index (Phi) is 4.66. The first-order chi connectivity index (χ1) is 13.3. The number of nitrogens with one attached hydrogen (secondary N) is 2. The predicted molar refractivity (Wildman–Crippen MR) is 100 cm³/mol. The van der Waals surface area contributed by atoms with Crippen LogP contribution in [0.2, 0.25) is 0 Å². The molecule has 10 heteroatoms. The van der Waals surface area contributed by atoms with Gasteiger partial charge in [-0.05, 0) is 30.9 Å². The van der Waals surface area contributed by atoms with E-state index in [4.69, 9.17) is 4.52 Å². The number of aliphatic imine (C=N–C) groups is 1. The van der Waals surface area contributed by atoms with Gasteiger partial charge in [-0.15, -0.1) is 0 Å². The van der Waals surface area contributed by atoms with E-state index in [2.05, 4.69) is 25.2 Å². The van der Waals surface area contributed by atoms with Crippen molar-refractivity contribution in [1.82, 2.24) is 20.2 Å². The van der Waals surface area contributed by atoms with Crippen molar-refractivity contribution in [2.75, 3.05) is 6.54 Å². The van der Waals surface area contributed by atoms with Crippen molar-refractivity contribution < 1.29 is 17.7 Å². The Morgan fingerprint density at radius 3 is 2.82 bits per heavy atom. The zero-order valence-corrected chi connectivity index (χ0v) is 16.4. The molecule has 1 atom stereocenters. The molecule has 2 aliphatic rings. The average Bonchev–Trinajstić information content (AvgIpc) is 3.33. The topological polar surface area (TPSA) is 127 Å². The van der Waals surface area contributed by atoms with Crippen LogP contribution in [0.3, 0.4) is 0 Å². The molecule has 1 aliphatic carbocycles. The molecule has 2 N–H and O–H groups in total. The standard InChI is InChI=1S/C18H21N5O4S/c1-10(2)15(18-21-16(22-27-18)11-7-8-11)20-14(24)9-19-17-12-5-3-4-6-13(12)28(25,26)23-17/h3-6,10-11,15H,7-9H2,1-2H3,(H,19,23)(H,20,24). The monoisotopic (exact) mass is 403 g/mol. The molecule has 1 unspecified atom stereocenters. The number of hydrogen-bond donors (Lipinski definition) is 2. The molecule has 1 saturated carbocycles. The number of carbonyl (C=O) groups excluding carboxylic acids is 1. The Balaban J connectivity index is 1.46. The molecular formula is C18H21N5O4S. The van der Waals surface area contributed by atoms with Crippen LogP contribution in [0.4, 0.5) is 0 Å². The third kappa shape index (κ3) is 3.64. The van der Waals surface area contributed by atoms with Crippen molar-refractivity contribution in [3.8, 4) is 0 Å². The van der Waals surface area contributed by atoms with Crippen molar-refractivity contribution in [3.05, 3.63) is 41.5 Å². The van der Waals surface area contributed by atoms with Crippen LogP contribution in [0.1, 0.15) is 55.9 Å². The number of amides is 1. The first kappa shape index (κ1) is 18.6. The van der Waals surface area contributed by atoms with Crippen LogP contribution in [0.25, 0.3) is 0 Å². The molecule has 2 heterocycles. The maximum atomic E-state index is 12.4. The highest BCUT2D eigenvalue weighted by molar-refractivity contribution is 7.90.